The largest absolute Gasteiger partial charge is 0.846 e. The zero-order valence-corrected chi connectivity index (χ0v) is 18.4. The van der Waals surface area contributed by atoms with Gasteiger partial charge < -0.3 is 15.7 Å². The summed E-state index contributed by atoms with van der Waals surface area (Å²) in [5.41, 5.74) is 1.03. The van der Waals surface area contributed by atoms with E-state index in [9.17, 15) is 18.3 Å². The Labute approximate surface area is 198 Å². The molecule has 0 spiro atoms. The fourth-order valence-electron chi connectivity index (χ4n) is 3.26. The highest BCUT2D eigenvalue weighted by atomic mass is 19.4. The van der Waals surface area contributed by atoms with Gasteiger partial charge in [0.1, 0.15) is 5.69 Å². The third-order valence-corrected chi connectivity index (χ3v) is 4.86. The minimum absolute atomic E-state index is 0.0586. The summed E-state index contributed by atoms with van der Waals surface area (Å²) in [6.07, 6.45) is -0.945. The quantitative estimate of drug-likeness (QED) is 0.226. The van der Waals surface area contributed by atoms with Crippen LogP contribution in [0.15, 0.2) is 88.6 Å². The molecule has 0 saturated carbocycles. The molecule has 4 aromatic rings. The molecule has 180 valence electrons. The van der Waals surface area contributed by atoms with Crippen LogP contribution in [-0.4, -0.2) is 22.8 Å². The number of anilines is 2. The Kier molecular flexibility index (Phi) is 7.24. The van der Waals surface area contributed by atoms with Crippen LogP contribution in [0.5, 0.6) is 0 Å². The van der Waals surface area contributed by atoms with Gasteiger partial charge >= 0.3 is 12.1 Å². The van der Waals surface area contributed by atoms with Crippen molar-refractivity contribution in [1.82, 2.24) is 10.3 Å². The van der Waals surface area contributed by atoms with E-state index in [-0.39, 0.29) is 17.3 Å². The highest BCUT2D eigenvalue weighted by Gasteiger charge is 2.31. The third kappa shape index (κ3) is 7.03. The monoisotopic (exact) mass is 482 g/mol. The zero-order valence-electron chi connectivity index (χ0n) is 18.4. The lowest BCUT2D eigenvalue weighted by molar-refractivity contribution is -0.755. The molecule has 0 unspecified atom stereocenters. The van der Waals surface area contributed by atoms with Crippen molar-refractivity contribution < 1.29 is 27.5 Å². The van der Waals surface area contributed by atoms with Crippen molar-refractivity contribution in [3.8, 4) is 0 Å². The number of rotatable bonds is 8. The molecule has 0 fully saturated rings. The van der Waals surface area contributed by atoms with E-state index in [1.54, 1.807) is 18.3 Å². The number of nitrogens with zero attached hydrogens (tertiary/aromatic N) is 4. The average Bonchev–Trinajstić information content (AvgIpc) is 3.26. The van der Waals surface area contributed by atoms with Crippen LogP contribution in [0, 0.1) is 0 Å². The number of aromatic nitrogens is 3. The number of hydrogen-bond acceptors (Lipinski definition) is 6. The normalized spacial score (nSPS) is 11.9. The van der Waals surface area contributed by atoms with Gasteiger partial charge in [-0.15, -0.1) is 0 Å². The fraction of sp³-hybridized carbons (Fsp3) is 0.167. The van der Waals surface area contributed by atoms with E-state index in [1.807, 2.05) is 36.4 Å². The van der Waals surface area contributed by atoms with Gasteiger partial charge in [0, 0.05) is 24.1 Å². The van der Waals surface area contributed by atoms with Crippen LogP contribution >= 0.6 is 0 Å². The molecule has 0 aliphatic carbocycles. The molecular weight excluding hydrogens is 461 g/mol. The molecule has 35 heavy (non-hydrogen) atoms. The van der Waals surface area contributed by atoms with Crippen molar-refractivity contribution in [3.63, 3.8) is 0 Å². The van der Waals surface area contributed by atoms with Crippen LogP contribution in [0.1, 0.15) is 16.8 Å². The maximum atomic E-state index is 13.4. The van der Waals surface area contributed by atoms with Crippen LogP contribution in [0.25, 0.3) is 0 Å². The van der Waals surface area contributed by atoms with Crippen LogP contribution in [0.4, 0.5) is 30.4 Å². The van der Waals surface area contributed by atoms with Gasteiger partial charge in [-0.25, -0.2) is 4.99 Å². The SMILES string of the molecule is [O-]C(=Nc1c[n+](Cc2ccccn2)no1)Nc1cc(NCCc2ccccc2)cc(C(F)(F)F)c1. The van der Waals surface area contributed by atoms with Crippen LogP contribution < -0.4 is 20.4 Å². The molecule has 8 nitrogen and oxygen atoms in total. The molecule has 2 heterocycles. The number of hydrogen-bond donors (Lipinski definition) is 2. The molecule has 0 radical (unpaired) electrons. The highest BCUT2D eigenvalue weighted by Crippen LogP contribution is 2.33. The van der Waals surface area contributed by atoms with E-state index in [0.29, 0.717) is 19.5 Å². The summed E-state index contributed by atoms with van der Waals surface area (Å²) in [6.45, 7) is 0.713. The van der Waals surface area contributed by atoms with Crippen molar-refractivity contribution in [1.29, 1.82) is 0 Å². The number of halogens is 3. The first kappa shape index (κ1) is 23.7. The molecule has 2 N–H and O–H groups in total. The van der Waals surface area contributed by atoms with E-state index >= 15 is 0 Å². The van der Waals surface area contributed by atoms with Crippen LogP contribution in [-0.2, 0) is 19.1 Å². The van der Waals surface area contributed by atoms with Gasteiger partial charge in [0.05, 0.1) is 11.6 Å². The summed E-state index contributed by atoms with van der Waals surface area (Å²) in [6, 6.07) is 17.3. The first-order valence-electron chi connectivity index (χ1n) is 10.6. The van der Waals surface area contributed by atoms with Gasteiger partial charge in [-0.05, 0) is 47.0 Å². The minimum Gasteiger partial charge on any atom is -0.846 e. The van der Waals surface area contributed by atoms with Crippen molar-refractivity contribution in [2.24, 2.45) is 4.99 Å². The number of benzene rings is 2. The van der Waals surface area contributed by atoms with Crippen LogP contribution in [0.3, 0.4) is 0 Å². The summed E-state index contributed by atoms with van der Waals surface area (Å²) < 4.78 is 46.6. The zero-order chi connectivity index (χ0) is 24.7. The van der Waals surface area contributed by atoms with Gasteiger partial charge in [0.2, 0.25) is 11.8 Å². The number of aliphatic imine (C=N–C) groups is 1. The Bertz CT molecular complexity index is 1280. The Hall–Kier alpha value is -4.41. The average molecular weight is 482 g/mol. The summed E-state index contributed by atoms with van der Waals surface area (Å²) in [5, 5.41) is 21.4. The molecule has 0 aliphatic heterocycles. The molecule has 0 atom stereocenters. The van der Waals surface area contributed by atoms with Gasteiger partial charge in [-0.3, -0.25) is 9.51 Å². The lowest BCUT2D eigenvalue weighted by Crippen LogP contribution is -2.35. The molecule has 0 bridgehead atoms. The summed E-state index contributed by atoms with van der Waals surface area (Å²) in [7, 11) is 0. The van der Waals surface area contributed by atoms with E-state index < -0.39 is 17.8 Å². The Balaban J connectivity index is 1.45. The molecule has 0 amide bonds. The van der Waals surface area contributed by atoms with Crippen molar-refractivity contribution >= 4 is 23.3 Å². The summed E-state index contributed by atoms with van der Waals surface area (Å²) in [5.74, 6) is -0.105. The molecule has 2 aromatic carbocycles. The Morgan fingerprint density at radius 3 is 2.54 bits per heavy atom. The second kappa shape index (κ2) is 10.7. The second-order valence-corrected chi connectivity index (χ2v) is 7.56. The fourth-order valence-corrected chi connectivity index (χ4v) is 3.26. The minimum atomic E-state index is -4.59. The molecule has 11 heteroatoms. The second-order valence-electron chi connectivity index (χ2n) is 7.56. The smallest absolute Gasteiger partial charge is 0.416 e. The molecule has 0 aliphatic rings. The Morgan fingerprint density at radius 2 is 1.80 bits per heavy atom. The standard InChI is InChI=1S/C24H21F3N6O2/c25-24(26,27)18-12-20(29-11-9-17-6-2-1-3-7-17)14-21(13-18)30-23(34)31-22-16-33(32-35-22)15-19-8-4-5-10-28-19/h1-8,10,12-14,16,29H,9,11,15H2,(H-,30,31,32,34). The van der Waals surface area contributed by atoms with Crippen LogP contribution in [0.2, 0.25) is 0 Å². The predicted octanol–water partition coefficient (Wildman–Crippen LogP) is 3.54. The maximum Gasteiger partial charge on any atom is 0.416 e. The maximum absolute atomic E-state index is 13.4. The number of pyridine rings is 1. The third-order valence-electron chi connectivity index (χ3n) is 4.86. The first-order valence-corrected chi connectivity index (χ1v) is 10.6. The van der Waals surface area contributed by atoms with Gasteiger partial charge in [-0.2, -0.15) is 13.2 Å². The molecule has 0 saturated heterocycles. The van der Waals surface area contributed by atoms with E-state index in [0.717, 1.165) is 23.4 Å². The van der Waals surface area contributed by atoms with E-state index in [1.165, 1.54) is 16.9 Å². The Morgan fingerprint density at radius 1 is 1.03 bits per heavy atom. The van der Waals surface area contributed by atoms with E-state index in [4.69, 9.17) is 4.52 Å². The highest BCUT2D eigenvalue weighted by molar-refractivity contribution is 5.88. The van der Waals surface area contributed by atoms with Gasteiger partial charge in [0.25, 0.3) is 6.20 Å². The van der Waals surface area contributed by atoms with Crippen molar-refractivity contribution in [2.45, 2.75) is 19.1 Å². The lowest BCUT2D eigenvalue weighted by atomic mass is 10.1. The predicted molar refractivity (Wildman–Crippen MR) is 121 cm³/mol. The number of alkyl halides is 3. The van der Waals surface area contributed by atoms with Gasteiger partial charge in [-0.1, -0.05) is 36.4 Å². The first-order chi connectivity index (χ1) is 16.8. The summed E-state index contributed by atoms with van der Waals surface area (Å²) >= 11 is 0. The lowest BCUT2D eigenvalue weighted by Gasteiger charge is -2.17. The van der Waals surface area contributed by atoms with E-state index in [2.05, 4.69) is 25.9 Å². The molecule has 4 rings (SSSR count). The topological polar surface area (TPSA) is 102 Å². The number of nitrogens with one attached hydrogen (secondary N) is 2. The number of amidine groups is 1. The molecular formula is C24H21F3N6O2. The summed E-state index contributed by atoms with van der Waals surface area (Å²) in [4.78, 5) is 7.88. The molecule has 2 aromatic heterocycles. The van der Waals surface area contributed by atoms with Gasteiger partial charge in [0.15, 0.2) is 0 Å². The van der Waals surface area contributed by atoms with Crippen molar-refractivity contribution in [3.05, 3.63) is 95.9 Å². The van der Waals surface area contributed by atoms with Crippen molar-refractivity contribution in [2.75, 3.05) is 17.2 Å².